The minimum absolute atomic E-state index is 0.297. The van der Waals surface area contributed by atoms with Gasteiger partial charge in [0.2, 0.25) is 0 Å². The third-order valence-electron chi connectivity index (χ3n) is 6.13. The molecule has 0 bridgehead atoms. The molecular formula is C23H23F6NO2. The Kier molecular flexibility index (Phi) is 6.58. The predicted molar refractivity (Wildman–Crippen MR) is 108 cm³/mol. The molecule has 0 amide bonds. The van der Waals surface area contributed by atoms with E-state index in [-0.39, 0.29) is 0 Å². The van der Waals surface area contributed by atoms with Crippen molar-refractivity contribution in [1.29, 1.82) is 0 Å². The van der Waals surface area contributed by atoms with Crippen LogP contribution in [-0.2, 0) is 15.0 Å². The van der Waals surface area contributed by atoms with Gasteiger partial charge in [0.25, 0.3) is 0 Å². The van der Waals surface area contributed by atoms with Gasteiger partial charge in [0, 0.05) is 25.2 Å². The van der Waals surface area contributed by atoms with Crippen LogP contribution in [0.2, 0.25) is 0 Å². The van der Waals surface area contributed by atoms with Gasteiger partial charge in [-0.3, -0.25) is 0 Å². The number of hydrogen-bond acceptors (Lipinski definition) is 3. The molecule has 0 radical (unpaired) electrons. The molecule has 174 valence electrons. The van der Waals surface area contributed by atoms with Crippen molar-refractivity contribution in [1.82, 2.24) is 0 Å². The summed E-state index contributed by atoms with van der Waals surface area (Å²) in [6, 6.07) is 4.99. The molecule has 1 atom stereocenters. The van der Waals surface area contributed by atoms with Gasteiger partial charge in [-0.1, -0.05) is 35.5 Å². The van der Waals surface area contributed by atoms with Crippen LogP contribution in [0.1, 0.15) is 62.6 Å². The van der Waals surface area contributed by atoms with Crippen molar-refractivity contribution >= 4 is 17.3 Å². The molecule has 1 aromatic rings. The van der Waals surface area contributed by atoms with E-state index in [1.54, 1.807) is 43.4 Å². The molecule has 0 aromatic heterocycles. The summed E-state index contributed by atoms with van der Waals surface area (Å²) >= 11 is 0. The number of hydrogen-bond donors (Lipinski definition) is 0. The Morgan fingerprint density at radius 2 is 1.72 bits per heavy atom. The molecule has 1 unspecified atom stereocenters. The maximum atomic E-state index is 13.2. The van der Waals surface area contributed by atoms with Crippen molar-refractivity contribution < 1.29 is 36.0 Å². The van der Waals surface area contributed by atoms with Crippen LogP contribution in [-0.4, -0.2) is 24.0 Å². The number of halogens is 6. The summed E-state index contributed by atoms with van der Waals surface area (Å²) in [5.41, 5.74) is 1.32. The molecule has 0 fully saturated rings. The summed E-state index contributed by atoms with van der Waals surface area (Å²) in [5, 5.41) is 3.71. The zero-order chi connectivity index (χ0) is 23.7. The molecule has 9 heteroatoms. The Balaban J connectivity index is 2.13. The molecule has 0 saturated heterocycles. The summed E-state index contributed by atoms with van der Waals surface area (Å²) in [6.45, 7) is 2.73. The summed E-state index contributed by atoms with van der Waals surface area (Å²) in [7, 11) is 0. The average molecular weight is 459 g/mol. The maximum Gasteiger partial charge on any atom is 0.389 e. The first-order valence-electron chi connectivity index (χ1n) is 10.2. The minimum atomic E-state index is -4.49. The lowest BCUT2D eigenvalue weighted by atomic mass is 9.66. The number of alkyl halides is 6. The first kappa shape index (κ1) is 24.1. The van der Waals surface area contributed by atoms with E-state index in [1.807, 2.05) is 0 Å². The minimum Gasteiger partial charge on any atom is -0.318 e. The fourth-order valence-electron chi connectivity index (χ4n) is 4.71. The van der Waals surface area contributed by atoms with E-state index < -0.39 is 55.3 Å². The standard InChI is InChI=1S/C23H23F6NO2/c1-14(30-32-15(2)31)16-7-8-18-17-5-3-4-6-19(17)21(20(18)13-16,9-11-22(24,25)26)10-12-23(27,28)29/h3-5,7-8,13,19H,6,9-12H2,1-2H3/b30-14+. The van der Waals surface area contributed by atoms with Crippen LogP contribution in [0.15, 0.2) is 41.6 Å². The fraction of sp³-hybridized carbons (Fsp3) is 0.478. The molecule has 0 spiro atoms. The number of nitrogens with zero attached hydrogens (tertiary/aromatic N) is 1. The second-order valence-electron chi connectivity index (χ2n) is 8.24. The molecule has 0 aliphatic heterocycles. The number of allylic oxidation sites excluding steroid dienone is 4. The van der Waals surface area contributed by atoms with Gasteiger partial charge in [-0.25, -0.2) is 4.79 Å². The molecule has 0 N–H and O–H groups in total. The van der Waals surface area contributed by atoms with Crippen LogP contribution >= 0.6 is 0 Å². The van der Waals surface area contributed by atoms with Crippen LogP contribution in [0.5, 0.6) is 0 Å². The normalized spacial score (nSPS) is 19.9. The highest BCUT2D eigenvalue weighted by atomic mass is 19.4. The molecule has 2 aliphatic rings. The van der Waals surface area contributed by atoms with Gasteiger partial charge in [0.1, 0.15) is 0 Å². The molecular weight excluding hydrogens is 436 g/mol. The van der Waals surface area contributed by atoms with Gasteiger partial charge in [0.05, 0.1) is 5.71 Å². The van der Waals surface area contributed by atoms with Gasteiger partial charge in [-0.2, -0.15) is 26.3 Å². The number of carbonyl (C=O) groups is 1. The summed E-state index contributed by atoms with van der Waals surface area (Å²) < 4.78 is 79.3. The van der Waals surface area contributed by atoms with E-state index in [9.17, 15) is 31.1 Å². The lowest BCUT2D eigenvalue weighted by molar-refractivity contribution is -0.146. The van der Waals surface area contributed by atoms with E-state index in [1.165, 1.54) is 6.92 Å². The van der Waals surface area contributed by atoms with Crippen molar-refractivity contribution in [2.24, 2.45) is 11.1 Å². The van der Waals surface area contributed by atoms with Crippen LogP contribution in [0, 0.1) is 5.92 Å². The zero-order valence-corrected chi connectivity index (χ0v) is 17.6. The predicted octanol–water partition coefficient (Wildman–Crippen LogP) is 6.87. The second kappa shape index (κ2) is 8.75. The van der Waals surface area contributed by atoms with E-state index in [4.69, 9.17) is 0 Å². The Bertz CT molecular complexity index is 954. The van der Waals surface area contributed by atoms with E-state index >= 15 is 0 Å². The Hall–Kier alpha value is -2.58. The molecule has 0 saturated carbocycles. The van der Waals surface area contributed by atoms with Gasteiger partial charge in [0.15, 0.2) is 0 Å². The molecule has 3 nitrogen and oxygen atoms in total. The van der Waals surface area contributed by atoms with Crippen LogP contribution in [0.4, 0.5) is 26.3 Å². The van der Waals surface area contributed by atoms with E-state index in [2.05, 4.69) is 9.99 Å². The van der Waals surface area contributed by atoms with Crippen molar-refractivity contribution in [3.8, 4) is 0 Å². The lowest BCUT2D eigenvalue weighted by Gasteiger charge is -2.38. The molecule has 3 rings (SSSR count). The van der Waals surface area contributed by atoms with Crippen LogP contribution < -0.4 is 0 Å². The largest absolute Gasteiger partial charge is 0.389 e. The topological polar surface area (TPSA) is 38.7 Å². The third kappa shape index (κ3) is 5.24. The van der Waals surface area contributed by atoms with Gasteiger partial charge < -0.3 is 4.84 Å². The second-order valence-corrected chi connectivity index (χ2v) is 8.24. The highest BCUT2D eigenvalue weighted by Crippen LogP contribution is 2.58. The SMILES string of the molecule is CC(=O)O/N=C(\C)c1ccc2c(c1)C(CCC(F)(F)F)(CCC(F)(F)F)C1CC=CC=C21. The third-order valence-corrected chi connectivity index (χ3v) is 6.13. The van der Waals surface area contributed by atoms with E-state index in [0.29, 0.717) is 28.8 Å². The van der Waals surface area contributed by atoms with Crippen molar-refractivity contribution in [3.63, 3.8) is 0 Å². The van der Waals surface area contributed by atoms with E-state index in [0.717, 1.165) is 5.57 Å². The summed E-state index contributed by atoms with van der Waals surface area (Å²) in [6.07, 6.45) is -6.53. The van der Waals surface area contributed by atoms with Gasteiger partial charge in [-0.15, -0.1) is 0 Å². The number of carbonyl (C=O) groups excluding carboxylic acids is 1. The van der Waals surface area contributed by atoms with Gasteiger partial charge in [-0.05, 0) is 60.4 Å². The first-order chi connectivity index (χ1) is 14.8. The molecule has 32 heavy (non-hydrogen) atoms. The Labute approximate surface area is 181 Å². The van der Waals surface area contributed by atoms with Crippen molar-refractivity contribution in [2.75, 3.05) is 0 Å². The monoisotopic (exact) mass is 459 g/mol. The van der Waals surface area contributed by atoms with Crippen LogP contribution in [0.25, 0.3) is 5.57 Å². The van der Waals surface area contributed by atoms with Gasteiger partial charge >= 0.3 is 18.3 Å². The number of oxime groups is 1. The number of benzene rings is 1. The molecule has 2 aliphatic carbocycles. The lowest BCUT2D eigenvalue weighted by Crippen LogP contribution is -2.35. The summed E-state index contributed by atoms with van der Waals surface area (Å²) in [4.78, 5) is 15.7. The Morgan fingerprint density at radius 3 is 2.28 bits per heavy atom. The zero-order valence-electron chi connectivity index (χ0n) is 17.6. The number of fused-ring (bicyclic) bond motifs is 3. The highest BCUT2D eigenvalue weighted by Gasteiger charge is 2.51. The smallest absolute Gasteiger partial charge is 0.318 e. The first-order valence-corrected chi connectivity index (χ1v) is 10.2. The highest BCUT2D eigenvalue weighted by molar-refractivity contribution is 5.99. The van der Waals surface area contributed by atoms with Crippen molar-refractivity contribution in [3.05, 3.63) is 53.1 Å². The number of rotatable bonds is 6. The Morgan fingerprint density at radius 1 is 1.09 bits per heavy atom. The van der Waals surface area contributed by atoms with Crippen molar-refractivity contribution in [2.45, 2.75) is 63.7 Å². The quantitative estimate of drug-likeness (QED) is 0.202. The van der Waals surface area contributed by atoms with Crippen LogP contribution in [0.3, 0.4) is 0 Å². The average Bonchev–Trinajstić information content (AvgIpc) is 2.98. The molecule has 1 aromatic carbocycles. The summed E-state index contributed by atoms with van der Waals surface area (Å²) in [5.74, 6) is -1.12. The maximum absolute atomic E-state index is 13.2. The molecule has 0 heterocycles. The fourth-order valence-corrected chi connectivity index (χ4v) is 4.71.